The van der Waals surface area contributed by atoms with Crippen LogP contribution in [0.15, 0.2) is 65.7 Å². The van der Waals surface area contributed by atoms with Crippen LogP contribution in [0.4, 0.5) is 15.3 Å². The van der Waals surface area contributed by atoms with Crippen LogP contribution < -0.4 is 10.6 Å². The van der Waals surface area contributed by atoms with E-state index in [2.05, 4.69) is 83.5 Å². The number of H-pyrrole nitrogens is 1. The smallest absolute Gasteiger partial charge is 0.407 e. The standard InChI is InChI=1S/C55H59N7O8/c1-32-9-19-46(61(32)52(63)48(59-54(65)67-3)36-21-25-69-26-22-36)45-31-42-40-15-11-34(29-38(40)13-17-43(42)56-45)7-5-6-8-35-12-16-41-39(30-35)14-18-44-50(41)58-51(57-44)47-20-10-33(2)62(47)53(64)49(60-55(66)68-4)37-23-27-70-28-24-37/h11-18,29-30,32-33,36-37,46-49H,9-10,19-28,31H2,1-4H3,(H,57,58)(H,59,65)(H,60,66)/t32-,33-,46-,47-,48?,49?/m0/s1. The van der Waals surface area contributed by atoms with Gasteiger partial charge in [0.2, 0.25) is 11.8 Å². The Kier molecular flexibility index (Phi) is 13.5. The molecule has 10 rings (SSSR count). The average Bonchev–Trinajstić information content (AvgIpc) is 4.21. The summed E-state index contributed by atoms with van der Waals surface area (Å²) in [5.74, 6) is 13.0. The lowest BCUT2D eigenvalue weighted by Crippen LogP contribution is -2.57. The highest BCUT2D eigenvalue weighted by Gasteiger charge is 2.45. The Morgan fingerprint density at radius 3 is 1.79 bits per heavy atom. The molecule has 15 nitrogen and oxygen atoms in total. The Balaban J connectivity index is 0.822. The van der Waals surface area contributed by atoms with Gasteiger partial charge in [-0.05, 0) is 147 Å². The summed E-state index contributed by atoms with van der Waals surface area (Å²) >= 11 is 0. The first-order valence-electron chi connectivity index (χ1n) is 24.6. The molecule has 1 aromatic heterocycles. The Morgan fingerprint density at radius 2 is 1.20 bits per heavy atom. The van der Waals surface area contributed by atoms with Crippen molar-refractivity contribution in [3.05, 3.63) is 83.2 Å². The SMILES string of the molecule is COC(=O)NC(C(=O)N1[C@@H](C)CC[C@H]1C1=Nc2ccc3cc(C#CC#Cc4ccc5c(ccc6[nH]c([C@@H]7CC[C@H](C)N7C(=O)C(NC(=O)OC)C7CCOCC7)nc65)c4)ccc3c2C1)C1CCOCC1. The number of aromatic amines is 1. The second-order valence-electron chi connectivity index (χ2n) is 19.3. The molecule has 0 radical (unpaired) electrons. The van der Waals surface area contributed by atoms with Gasteiger partial charge in [-0.2, -0.15) is 0 Å². The van der Waals surface area contributed by atoms with Gasteiger partial charge in [0.05, 0.1) is 43.0 Å². The number of imidazole rings is 1. The number of benzene rings is 4. The zero-order valence-electron chi connectivity index (χ0n) is 40.1. The van der Waals surface area contributed by atoms with E-state index in [1.54, 1.807) is 0 Å². The Hall–Kier alpha value is -6.94. The maximum Gasteiger partial charge on any atom is 0.407 e. The average molecular weight is 946 g/mol. The monoisotopic (exact) mass is 945 g/mol. The highest BCUT2D eigenvalue weighted by atomic mass is 16.5. The van der Waals surface area contributed by atoms with Gasteiger partial charge in [-0.1, -0.05) is 36.1 Å². The molecule has 5 aliphatic heterocycles. The zero-order valence-corrected chi connectivity index (χ0v) is 40.1. The number of ether oxygens (including phenoxy) is 4. The van der Waals surface area contributed by atoms with E-state index >= 15 is 0 Å². The third-order valence-electron chi connectivity index (χ3n) is 15.2. The number of carbonyl (C=O) groups is 4. The lowest BCUT2D eigenvalue weighted by atomic mass is 9.90. The van der Waals surface area contributed by atoms with E-state index in [1.807, 2.05) is 40.1 Å². The molecule has 4 amide bonds. The molecule has 4 aromatic carbocycles. The fourth-order valence-corrected chi connectivity index (χ4v) is 11.4. The number of alkyl carbamates (subject to hydrolysis) is 2. The van der Waals surface area contributed by atoms with Gasteiger partial charge < -0.3 is 44.4 Å². The molecule has 3 N–H and O–H groups in total. The van der Waals surface area contributed by atoms with Crippen LogP contribution in [0.1, 0.15) is 93.8 Å². The highest BCUT2D eigenvalue weighted by molar-refractivity contribution is 6.06. The topological polar surface area (TPSA) is 177 Å². The van der Waals surface area contributed by atoms with Crippen LogP contribution in [-0.4, -0.2) is 120 Å². The molecule has 2 unspecified atom stereocenters. The minimum atomic E-state index is -0.714. The van der Waals surface area contributed by atoms with Gasteiger partial charge in [-0.25, -0.2) is 14.6 Å². The molecular formula is C55H59N7O8. The second kappa shape index (κ2) is 20.2. The van der Waals surface area contributed by atoms with Crippen LogP contribution in [-0.2, 0) is 35.0 Å². The summed E-state index contributed by atoms with van der Waals surface area (Å²) in [5, 5.41) is 9.84. The molecule has 4 saturated heterocycles. The van der Waals surface area contributed by atoms with E-state index in [9.17, 15) is 19.2 Å². The van der Waals surface area contributed by atoms with Crippen LogP contribution >= 0.6 is 0 Å². The molecule has 6 heterocycles. The van der Waals surface area contributed by atoms with Crippen molar-refractivity contribution in [3.8, 4) is 23.7 Å². The van der Waals surface area contributed by atoms with E-state index in [0.717, 1.165) is 92.2 Å². The summed E-state index contributed by atoms with van der Waals surface area (Å²) in [6.07, 6.45) is 5.41. The summed E-state index contributed by atoms with van der Waals surface area (Å²) < 4.78 is 21.0. The van der Waals surface area contributed by atoms with E-state index in [0.29, 0.717) is 58.5 Å². The Labute approximate surface area is 407 Å². The largest absolute Gasteiger partial charge is 0.453 e. The van der Waals surface area contributed by atoms with E-state index in [4.69, 9.17) is 28.9 Å². The van der Waals surface area contributed by atoms with Crippen LogP contribution in [0.25, 0.3) is 32.6 Å². The maximum absolute atomic E-state index is 14.3. The highest BCUT2D eigenvalue weighted by Crippen LogP contribution is 2.40. The minimum Gasteiger partial charge on any atom is -0.453 e. The van der Waals surface area contributed by atoms with Crippen molar-refractivity contribution < 1.29 is 38.1 Å². The Bertz CT molecular complexity index is 3020. The van der Waals surface area contributed by atoms with Crippen molar-refractivity contribution in [2.75, 3.05) is 40.6 Å². The molecule has 0 saturated carbocycles. The zero-order chi connectivity index (χ0) is 48.5. The molecule has 5 aromatic rings. The molecule has 0 bridgehead atoms. The molecule has 0 aliphatic carbocycles. The summed E-state index contributed by atoms with van der Waals surface area (Å²) in [6, 6.07) is 18.6. The third kappa shape index (κ3) is 9.28. The quantitative estimate of drug-likeness (QED) is 0.132. The molecule has 70 heavy (non-hydrogen) atoms. The molecule has 6 atom stereocenters. The van der Waals surface area contributed by atoms with Crippen LogP contribution in [0.3, 0.4) is 0 Å². The van der Waals surface area contributed by atoms with E-state index < -0.39 is 24.3 Å². The number of nitrogens with one attached hydrogen (secondary N) is 3. The summed E-state index contributed by atoms with van der Waals surface area (Å²) in [5.41, 5.74) is 6.43. The lowest BCUT2D eigenvalue weighted by Gasteiger charge is -2.36. The van der Waals surface area contributed by atoms with Gasteiger partial charge in [0.1, 0.15) is 17.9 Å². The third-order valence-corrected chi connectivity index (χ3v) is 15.2. The van der Waals surface area contributed by atoms with Crippen molar-refractivity contribution in [1.82, 2.24) is 30.4 Å². The van der Waals surface area contributed by atoms with Gasteiger partial charge in [0.25, 0.3) is 0 Å². The van der Waals surface area contributed by atoms with Gasteiger partial charge in [0, 0.05) is 67.2 Å². The number of likely N-dealkylation sites (tertiary alicyclic amines) is 2. The van der Waals surface area contributed by atoms with Crippen molar-refractivity contribution in [1.29, 1.82) is 0 Å². The second-order valence-corrected chi connectivity index (χ2v) is 19.3. The first kappa shape index (κ1) is 46.8. The number of carbonyl (C=O) groups excluding carboxylic acids is 4. The predicted octanol–water partition coefficient (Wildman–Crippen LogP) is 7.64. The van der Waals surface area contributed by atoms with Crippen molar-refractivity contribution in [2.45, 2.75) is 108 Å². The molecule has 5 aliphatic rings. The lowest BCUT2D eigenvalue weighted by molar-refractivity contribution is -0.139. The first-order chi connectivity index (χ1) is 34.1. The van der Waals surface area contributed by atoms with Crippen LogP contribution in [0.5, 0.6) is 0 Å². The molecule has 362 valence electrons. The predicted molar refractivity (Wildman–Crippen MR) is 265 cm³/mol. The van der Waals surface area contributed by atoms with Crippen molar-refractivity contribution in [2.24, 2.45) is 16.8 Å². The number of methoxy groups -OCH3 is 2. The number of nitrogens with zero attached hydrogens (tertiary/aromatic N) is 4. The van der Waals surface area contributed by atoms with Crippen LogP contribution in [0, 0.1) is 35.5 Å². The molecule has 15 heteroatoms. The summed E-state index contributed by atoms with van der Waals surface area (Å²) in [4.78, 5) is 71.1. The first-order valence-corrected chi connectivity index (χ1v) is 24.6. The van der Waals surface area contributed by atoms with E-state index in [-0.39, 0.29) is 47.8 Å². The number of hydrogen-bond acceptors (Lipinski definition) is 10. The minimum absolute atomic E-state index is 0.00955. The van der Waals surface area contributed by atoms with Gasteiger partial charge >= 0.3 is 12.2 Å². The molecule has 4 fully saturated rings. The number of aliphatic imine (C=N–C) groups is 1. The number of rotatable bonds is 8. The normalized spacial score (nSPS) is 22.4. The van der Waals surface area contributed by atoms with Crippen molar-refractivity contribution >= 4 is 68.0 Å². The van der Waals surface area contributed by atoms with Gasteiger partial charge in [0.15, 0.2) is 0 Å². The number of amides is 4. The number of fused-ring (bicyclic) bond motifs is 6. The van der Waals surface area contributed by atoms with Crippen molar-refractivity contribution in [3.63, 3.8) is 0 Å². The Morgan fingerprint density at radius 1 is 0.671 bits per heavy atom. The van der Waals surface area contributed by atoms with E-state index in [1.165, 1.54) is 14.2 Å². The van der Waals surface area contributed by atoms with Crippen LogP contribution in [0.2, 0.25) is 0 Å². The fraction of sp³-hybridized carbons (Fsp3) is 0.455. The number of aromatic nitrogens is 2. The fourth-order valence-electron chi connectivity index (χ4n) is 11.4. The molecular weight excluding hydrogens is 887 g/mol. The van der Waals surface area contributed by atoms with Gasteiger partial charge in [-0.15, -0.1) is 0 Å². The maximum atomic E-state index is 14.3. The van der Waals surface area contributed by atoms with Gasteiger partial charge in [-0.3, -0.25) is 14.6 Å². The summed E-state index contributed by atoms with van der Waals surface area (Å²) in [7, 11) is 2.63. The molecule has 0 spiro atoms. The summed E-state index contributed by atoms with van der Waals surface area (Å²) in [6.45, 7) is 6.35. The number of hydrogen-bond donors (Lipinski definition) is 3.